The Labute approximate surface area is 233 Å². The van der Waals surface area contributed by atoms with Crippen LogP contribution in [0.5, 0.6) is 0 Å². The molecule has 1 aromatic heterocycles. The lowest BCUT2D eigenvalue weighted by atomic mass is 9.84. The van der Waals surface area contributed by atoms with Gasteiger partial charge in [-0.2, -0.15) is 0 Å². The molecule has 1 N–H and O–H groups in total. The largest absolute Gasteiger partial charge is 0.360 e. The van der Waals surface area contributed by atoms with E-state index in [1.807, 2.05) is 42.6 Å². The first-order chi connectivity index (χ1) is 18.9. The monoisotopic (exact) mass is 513 g/mol. The first-order valence-corrected chi connectivity index (χ1v) is 14.2. The second-order valence-corrected chi connectivity index (χ2v) is 11.7. The highest BCUT2D eigenvalue weighted by atomic mass is 16.1. The summed E-state index contributed by atoms with van der Waals surface area (Å²) in [5.74, 6) is 1.59. The number of rotatable bonds is 10. The van der Waals surface area contributed by atoms with Gasteiger partial charge in [0, 0.05) is 34.1 Å². The number of aromatic amines is 1. The van der Waals surface area contributed by atoms with Gasteiger partial charge in [-0.15, -0.1) is 0 Å². The highest BCUT2D eigenvalue weighted by molar-refractivity contribution is 6.16. The molecular formula is C37H39NO. The van der Waals surface area contributed by atoms with Gasteiger partial charge in [-0.05, 0) is 65.0 Å². The molecule has 5 aromatic rings. The maximum Gasteiger partial charge on any atom is 0.195 e. The topological polar surface area (TPSA) is 32.9 Å². The number of para-hydroxylation sites is 1. The van der Waals surface area contributed by atoms with Crippen LogP contribution in [0, 0.1) is 11.8 Å². The second kappa shape index (κ2) is 11.9. The molecule has 0 atom stereocenters. The quantitative estimate of drug-likeness (QED) is 0.186. The third-order valence-electron chi connectivity index (χ3n) is 7.54. The molecule has 0 bridgehead atoms. The predicted molar refractivity (Wildman–Crippen MR) is 164 cm³/mol. The molecule has 39 heavy (non-hydrogen) atoms. The number of ketones is 1. The number of hydrogen-bond acceptors (Lipinski definition) is 1. The van der Waals surface area contributed by atoms with Crippen LogP contribution in [0.4, 0.5) is 0 Å². The summed E-state index contributed by atoms with van der Waals surface area (Å²) in [7, 11) is 0. The van der Waals surface area contributed by atoms with Crippen molar-refractivity contribution in [3.8, 4) is 0 Å². The molecular weight excluding hydrogens is 474 g/mol. The van der Waals surface area contributed by atoms with Crippen molar-refractivity contribution in [2.75, 3.05) is 0 Å². The molecule has 2 nitrogen and oxygen atoms in total. The van der Waals surface area contributed by atoms with Crippen molar-refractivity contribution in [2.24, 2.45) is 11.8 Å². The van der Waals surface area contributed by atoms with Gasteiger partial charge >= 0.3 is 0 Å². The summed E-state index contributed by atoms with van der Waals surface area (Å²) >= 11 is 0. The lowest BCUT2D eigenvalue weighted by molar-refractivity contribution is 0.104. The van der Waals surface area contributed by atoms with E-state index in [-0.39, 0.29) is 11.7 Å². The molecule has 0 aliphatic heterocycles. The van der Waals surface area contributed by atoms with Crippen LogP contribution in [0.15, 0.2) is 103 Å². The van der Waals surface area contributed by atoms with E-state index in [0.717, 1.165) is 41.3 Å². The minimum atomic E-state index is 0.0528. The Morgan fingerprint density at radius 2 is 1.10 bits per heavy atom. The Morgan fingerprint density at radius 1 is 0.615 bits per heavy atom. The summed E-state index contributed by atoms with van der Waals surface area (Å²) in [6, 6.07) is 34.5. The molecule has 0 radical (unpaired) electrons. The van der Waals surface area contributed by atoms with Gasteiger partial charge in [0.25, 0.3) is 0 Å². The first kappa shape index (κ1) is 26.7. The normalized spacial score (nSPS) is 11.7. The fraction of sp³-hybridized carbons (Fsp3) is 0.270. The van der Waals surface area contributed by atoms with Gasteiger partial charge in [0.15, 0.2) is 5.78 Å². The lowest BCUT2D eigenvalue weighted by Gasteiger charge is -2.20. The maximum atomic E-state index is 13.3. The number of aromatic nitrogens is 1. The summed E-state index contributed by atoms with van der Waals surface area (Å²) in [4.78, 5) is 16.5. The van der Waals surface area contributed by atoms with E-state index in [2.05, 4.69) is 93.3 Å². The molecule has 0 aliphatic carbocycles. The smallest absolute Gasteiger partial charge is 0.195 e. The number of fused-ring (bicyclic) bond motifs is 1. The average molecular weight is 514 g/mol. The van der Waals surface area contributed by atoms with Gasteiger partial charge < -0.3 is 4.98 Å². The lowest BCUT2D eigenvalue weighted by Crippen LogP contribution is -2.07. The summed E-state index contributed by atoms with van der Waals surface area (Å²) < 4.78 is 0. The number of hydrogen-bond donors (Lipinski definition) is 1. The molecule has 0 saturated heterocycles. The second-order valence-electron chi connectivity index (χ2n) is 11.7. The van der Waals surface area contributed by atoms with Crippen molar-refractivity contribution in [2.45, 2.75) is 52.9 Å². The van der Waals surface area contributed by atoms with Crippen molar-refractivity contribution in [3.63, 3.8) is 0 Å². The third-order valence-corrected chi connectivity index (χ3v) is 7.54. The molecule has 1 heterocycles. The van der Waals surface area contributed by atoms with Crippen LogP contribution in [0.1, 0.15) is 77.4 Å². The molecule has 2 heteroatoms. The number of benzene rings is 4. The van der Waals surface area contributed by atoms with E-state index < -0.39 is 0 Å². The van der Waals surface area contributed by atoms with Crippen LogP contribution >= 0.6 is 0 Å². The summed E-state index contributed by atoms with van der Waals surface area (Å²) in [5, 5.41) is 0.966. The molecule has 0 amide bonds. The molecule has 4 aromatic carbocycles. The molecule has 0 unspecified atom stereocenters. The number of nitrogens with one attached hydrogen (secondary N) is 1. The Kier molecular flexibility index (Phi) is 8.12. The van der Waals surface area contributed by atoms with Gasteiger partial charge in [0.1, 0.15) is 0 Å². The average Bonchev–Trinajstić information content (AvgIpc) is 3.36. The van der Waals surface area contributed by atoms with Crippen LogP contribution in [-0.4, -0.2) is 10.8 Å². The van der Waals surface area contributed by atoms with Crippen molar-refractivity contribution in [1.82, 2.24) is 4.98 Å². The van der Waals surface area contributed by atoms with E-state index >= 15 is 0 Å². The summed E-state index contributed by atoms with van der Waals surface area (Å²) in [5.41, 5.74) is 9.10. The first-order valence-electron chi connectivity index (χ1n) is 14.2. The third kappa shape index (κ3) is 6.40. The minimum absolute atomic E-state index is 0.0528. The zero-order valence-electron chi connectivity index (χ0n) is 23.6. The van der Waals surface area contributed by atoms with Crippen LogP contribution in [-0.2, 0) is 19.3 Å². The molecule has 0 saturated carbocycles. The predicted octanol–water partition coefficient (Wildman–Crippen LogP) is 9.17. The van der Waals surface area contributed by atoms with Crippen molar-refractivity contribution in [3.05, 3.63) is 142 Å². The minimum Gasteiger partial charge on any atom is -0.360 e. The fourth-order valence-electron chi connectivity index (χ4n) is 5.59. The van der Waals surface area contributed by atoms with Crippen molar-refractivity contribution in [1.29, 1.82) is 0 Å². The molecule has 0 spiro atoms. The van der Waals surface area contributed by atoms with Crippen LogP contribution in [0.3, 0.4) is 0 Å². The Morgan fingerprint density at radius 3 is 1.64 bits per heavy atom. The summed E-state index contributed by atoms with van der Waals surface area (Å²) in [6.45, 7) is 9.06. The van der Waals surface area contributed by atoms with Gasteiger partial charge in [-0.25, -0.2) is 0 Å². The van der Waals surface area contributed by atoms with E-state index in [1.165, 1.54) is 27.8 Å². The van der Waals surface area contributed by atoms with Gasteiger partial charge in [0.2, 0.25) is 0 Å². The van der Waals surface area contributed by atoms with E-state index in [0.29, 0.717) is 11.8 Å². The Bertz CT molecular complexity index is 1470. The molecule has 198 valence electrons. The van der Waals surface area contributed by atoms with E-state index in [9.17, 15) is 4.79 Å². The zero-order chi connectivity index (χ0) is 27.4. The molecule has 0 fully saturated rings. The van der Waals surface area contributed by atoms with E-state index in [4.69, 9.17) is 0 Å². The molecule has 0 aliphatic rings. The number of carbonyl (C=O) groups excluding carboxylic acids is 1. The van der Waals surface area contributed by atoms with Crippen molar-refractivity contribution >= 4 is 16.7 Å². The highest BCUT2D eigenvalue weighted by Crippen LogP contribution is 2.30. The van der Waals surface area contributed by atoms with Gasteiger partial charge in [0.05, 0.1) is 0 Å². The number of carbonyl (C=O) groups is 1. The Balaban J connectivity index is 1.40. The van der Waals surface area contributed by atoms with Crippen LogP contribution in [0.25, 0.3) is 10.9 Å². The van der Waals surface area contributed by atoms with Crippen LogP contribution in [0.2, 0.25) is 0 Å². The SMILES string of the molecule is CC(C)Cc1ccc(C(Cc2ccc(C(=O)c3c[nH]c4ccccc34)cc2)c2ccc(CC(C)C)cc2)cc1. The van der Waals surface area contributed by atoms with Gasteiger partial charge in [-0.1, -0.05) is 119 Å². The van der Waals surface area contributed by atoms with E-state index in [1.54, 1.807) is 0 Å². The molecule has 5 rings (SSSR count). The zero-order valence-corrected chi connectivity index (χ0v) is 23.6. The standard InChI is InChI=1S/C37H39NO/c1-25(2)21-27-9-15-30(16-10-27)34(31-17-11-28(12-18-31)22-26(3)4)23-29-13-19-32(20-14-29)37(39)35-24-38-36-8-6-5-7-33(35)36/h5-20,24-26,34,38H,21-23H2,1-4H3. The Hall–Kier alpha value is -3.91. The van der Waals surface area contributed by atoms with Gasteiger partial charge in [-0.3, -0.25) is 4.79 Å². The highest BCUT2D eigenvalue weighted by Gasteiger charge is 2.18. The fourth-order valence-corrected chi connectivity index (χ4v) is 5.59. The summed E-state index contributed by atoms with van der Waals surface area (Å²) in [6.07, 6.45) is 4.90. The van der Waals surface area contributed by atoms with Crippen LogP contribution < -0.4 is 0 Å². The maximum absolute atomic E-state index is 13.3. The van der Waals surface area contributed by atoms with Crippen molar-refractivity contribution < 1.29 is 4.79 Å². The number of H-pyrrole nitrogens is 1.